The van der Waals surface area contributed by atoms with Crippen molar-refractivity contribution in [2.24, 2.45) is 4.99 Å². The Morgan fingerprint density at radius 3 is 3.23 bits per heavy atom. The van der Waals surface area contributed by atoms with Gasteiger partial charge in [0.2, 0.25) is 6.08 Å². The quantitative estimate of drug-likeness (QED) is 0.563. The van der Waals surface area contributed by atoms with Crippen molar-refractivity contribution >= 4 is 33.3 Å². The predicted molar refractivity (Wildman–Crippen MR) is 50.7 cm³/mol. The van der Waals surface area contributed by atoms with Gasteiger partial charge in [-0.05, 0) is 28.1 Å². The van der Waals surface area contributed by atoms with Crippen LogP contribution in [0.3, 0.4) is 0 Å². The van der Waals surface area contributed by atoms with E-state index in [2.05, 4.69) is 25.9 Å². The Labute approximate surface area is 82.1 Å². The lowest BCUT2D eigenvalue weighted by atomic mass is 10.4. The number of aromatic nitrogens is 2. The number of carbonyl (C=O) groups excluding carboxylic acids is 1. The highest BCUT2D eigenvalue weighted by molar-refractivity contribution is 9.10. The molecule has 0 aliphatic carbocycles. The molecule has 0 aliphatic heterocycles. The molecule has 0 saturated carbocycles. The van der Waals surface area contributed by atoms with Gasteiger partial charge in [-0.15, -0.1) is 0 Å². The SMILES string of the molecule is O=C=Nc1cccn2c(Br)cnc12. The smallest absolute Gasteiger partial charge is 0.240 e. The zero-order valence-electron chi connectivity index (χ0n) is 6.44. The third kappa shape index (κ3) is 1.28. The van der Waals surface area contributed by atoms with Gasteiger partial charge < -0.3 is 0 Å². The van der Waals surface area contributed by atoms with Gasteiger partial charge in [-0.3, -0.25) is 4.40 Å². The molecule has 64 valence electrons. The topological polar surface area (TPSA) is 46.7 Å². The van der Waals surface area contributed by atoms with E-state index in [0.29, 0.717) is 11.3 Å². The van der Waals surface area contributed by atoms with Gasteiger partial charge >= 0.3 is 0 Å². The van der Waals surface area contributed by atoms with Gasteiger partial charge in [0.05, 0.1) is 6.20 Å². The molecule has 2 rings (SSSR count). The molecule has 2 heterocycles. The van der Waals surface area contributed by atoms with Crippen LogP contribution in [-0.2, 0) is 4.79 Å². The number of halogens is 1. The van der Waals surface area contributed by atoms with E-state index in [-0.39, 0.29) is 0 Å². The van der Waals surface area contributed by atoms with Crippen LogP contribution in [0.25, 0.3) is 5.65 Å². The number of hydrogen-bond donors (Lipinski definition) is 0. The highest BCUT2D eigenvalue weighted by atomic mass is 79.9. The van der Waals surface area contributed by atoms with Crippen molar-refractivity contribution in [2.45, 2.75) is 0 Å². The fourth-order valence-corrected chi connectivity index (χ4v) is 1.49. The maximum atomic E-state index is 10.1. The number of nitrogens with zero attached hydrogens (tertiary/aromatic N) is 3. The summed E-state index contributed by atoms with van der Waals surface area (Å²) < 4.78 is 2.61. The van der Waals surface area contributed by atoms with E-state index in [0.717, 1.165) is 4.60 Å². The molecule has 4 nitrogen and oxygen atoms in total. The largest absolute Gasteiger partial charge is 0.292 e. The fourth-order valence-electron chi connectivity index (χ4n) is 1.10. The zero-order chi connectivity index (χ0) is 9.26. The minimum absolute atomic E-state index is 0.517. The summed E-state index contributed by atoms with van der Waals surface area (Å²) in [7, 11) is 0. The minimum atomic E-state index is 0.517. The second kappa shape index (κ2) is 3.12. The summed E-state index contributed by atoms with van der Waals surface area (Å²) in [6.07, 6.45) is 4.97. The number of imidazole rings is 1. The summed E-state index contributed by atoms with van der Waals surface area (Å²) in [5, 5.41) is 0. The van der Waals surface area contributed by atoms with Gasteiger partial charge in [0, 0.05) is 6.20 Å². The van der Waals surface area contributed by atoms with Crippen LogP contribution in [0.2, 0.25) is 0 Å². The number of fused-ring (bicyclic) bond motifs is 1. The number of hydrogen-bond acceptors (Lipinski definition) is 3. The van der Waals surface area contributed by atoms with Crippen molar-refractivity contribution in [3.8, 4) is 0 Å². The van der Waals surface area contributed by atoms with Gasteiger partial charge in [0.25, 0.3) is 0 Å². The fraction of sp³-hybridized carbons (Fsp3) is 0. The zero-order valence-corrected chi connectivity index (χ0v) is 8.02. The van der Waals surface area contributed by atoms with Gasteiger partial charge in [0.1, 0.15) is 10.3 Å². The summed E-state index contributed by atoms with van der Waals surface area (Å²) in [4.78, 5) is 17.7. The summed E-state index contributed by atoms with van der Waals surface area (Å²) >= 11 is 3.31. The lowest BCUT2D eigenvalue weighted by Crippen LogP contribution is -1.83. The highest BCUT2D eigenvalue weighted by Crippen LogP contribution is 2.21. The van der Waals surface area contributed by atoms with Crippen LogP contribution < -0.4 is 0 Å². The van der Waals surface area contributed by atoms with E-state index < -0.39 is 0 Å². The lowest BCUT2D eigenvalue weighted by Gasteiger charge is -1.95. The van der Waals surface area contributed by atoms with Crippen LogP contribution in [0.4, 0.5) is 5.69 Å². The molecule has 0 fully saturated rings. The second-order valence-corrected chi connectivity index (χ2v) is 3.18. The van der Waals surface area contributed by atoms with Crippen LogP contribution in [0.5, 0.6) is 0 Å². The van der Waals surface area contributed by atoms with E-state index in [1.54, 1.807) is 22.7 Å². The molecule has 2 aromatic heterocycles. The summed E-state index contributed by atoms with van der Waals surface area (Å²) in [6, 6.07) is 3.50. The number of isocyanates is 1. The van der Waals surface area contributed by atoms with Crippen molar-refractivity contribution in [3.05, 3.63) is 29.1 Å². The van der Waals surface area contributed by atoms with E-state index in [4.69, 9.17) is 0 Å². The molecule has 0 atom stereocenters. The van der Waals surface area contributed by atoms with Crippen molar-refractivity contribution in [2.75, 3.05) is 0 Å². The van der Waals surface area contributed by atoms with Crippen LogP contribution in [0.15, 0.2) is 34.1 Å². The Hall–Kier alpha value is -1.45. The first-order valence-electron chi connectivity index (χ1n) is 3.52. The summed E-state index contributed by atoms with van der Waals surface area (Å²) in [5.74, 6) is 0. The Morgan fingerprint density at radius 2 is 2.46 bits per heavy atom. The standard InChI is InChI=1S/C8H4BrN3O/c9-7-4-10-8-6(11-5-13)2-1-3-12(7)8/h1-4H. The van der Waals surface area contributed by atoms with Crippen LogP contribution in [-0.4, -0.2) is 15.5 Å². The molecule has 0 spiro atoms. The van der Waals surface area contributed by atoms with Crippen LogP contribution in [0.1, 0.15) is 0 Å². The maximum absolute atomic E-state index is 10.1. The Bertz CT molecular complexity index is 499. The summed E-state index contributed by atoms with van der Waals surface area (Å²) in [6.45, 7) is 0. The van der Waals surface area contributed by atoms with Crippen molar-refractivity contribution < 1.29 is 4.79 Å². The van der Waals surface area contributed by atoms with E-state index in [9.17, 15) is 4.79 Å². The number of rotatable bonds is 1. The van der Waals surface area contributed by atoms with Crippen molar-refractivity contribution in [1.29, 1.82) is 0 Å². The molecule has 0 amide bonds. The molecule has 13 heavy (non-hydrogen) atoms. The van der Waals surface area contributed by atoms with Gasteiger partial charge in [-0.2, -0.15) is 4.99 Å². The van der Waals surface area contributed by atoms with Gasteiger partial charge in [0.15, 0.2) is 5.65 Å². The Kier molecular flexibility index (Phi) is 1.96. The highest BCUT2D eigenvalue weighted by Gasteiger charge is 2.03. The second-order valence-electron chi connectivity index (χ2n) is 2.37. The number of pyridine rings is 1. The third-order valence-electron chi connectivity index (χ3n) is 1.64. The Balaban J connectivity index is 2.84. The minimum Gasteiger partial charge on any atom is -0.292 e. The molecule has 0 N–H and O–H groups in total. The first kappa shape index (κ1) is 8.16. The van der Waals surface area contributed by atoms with Crippen LogP contribution in [0, 0.1) is 0 Å². The van der Waals surface area contributed by atoms with E-state index in [1.807, 2.05) is 6.20 Å². The molecular weight excluding hydrogens is 234 g/mol. The Morgan fingerprint density at radius 1 is 1.62 bits per heavy atom. The maximum Gasteiger partial charge on any atom is 0.240 e. The molecule has 5 heteroatoms. The van der Waals surface area contributed by atoms with E-state index >= 15 is 0 Å². The molecule has 0 saturated heterocycles. The van der Waals surface area contributed by atoms with Crippen LogP contribution >= 0.6 is 15.9 Å². The molecule has 0 unspecified atom stereocenters. The normalized spacial score (nSPS) is 9.92. The van der Waals surface area contributed by atoms with Gasteiger partial charge in [-0.25, -0.2) is 9.78 Å². The molecule has 0 aliphatic rings. The van der Waals surface area contributed by atoms with E-state index in [1.165, 1.54) is 6.08 Å². The molecule has 0 bridgehead atoms. The van der Waals surface area contributed by atoms with Gasteiger partial charge in [-0.1, -0.05) is 0 Å². The average molecular weight is 238 g/mol. The first-order chi connectivity index (χ1) is 6.33. The molecular formula is C8H4BrN3O. The molecule has 0 aromatic carbocycles. The van der Waals surface area contributed by atoms with Crippen molar-refractivity contribution in [3.63, 3.8) is 0 Å². The summed E-state index contributed by atoms with van der Waals surface area (Å²) in [5.41, 5.74) is 1.15. The third-order valence-corrected chi connectivity index (χ3v) is 2.22. The predicted octanol–water partition coefficient (Wildman–Crippen LogP) is 2.06. The monoisotopic (exact) mass is 237 g/mol. The average Bonchev–Trinajstić information content (AvgIpc) is 2.50. The first-order valence-corrected chi connectivity index (χ1v) is 4.31. The lowest BCUT2D eigenvalue weighted by molar-refractivity contribution is 0.565. The molecule has 2 aromatic rings. The van der Waals surface area contributed by atoms with Crippen molar-refractivity contribution in [1.82, 2.24) is 9.38 Å². The molecule has 0 radical (unpaired) electrons. The number of aliphatic imine (C=N–C) groups is 1.